The molecule has 0 radical (unpaired) electrons. The Kier molecular flexibility index (Phi) is 5.19. The average Bonchev–Trinajstić information content (AvgIpc) is 2.90. The number of carbonyl (C=O) groups is 1. The molecule has 0 aromatic rings. The Labute approximate surface area is 111 Å². The summed E-state index contributed by atoms with van der Waals surface area (Å²) in [5.41, 5.74) is -0.0891. The molecule has 1 aliphatic carbocycles. The van der Waals surface area contributed by atoms with Crippen molar-refractivity contribution in [3.05, 3.63) is 0 Å². The van der Waals surface area contributed by atoms with Gasteiger partial charge in [-0.15, -0.1) is 0 Å². The Morgan fingerprint density at radius 1 is 1.11 bits per heavy atom. The van der Waals surface area contributed by atoms with Crippen molar-refractivity contribution in [2.75, 3.05) is 26.8 Å². The van der Waals surface area contributed by atoms with Crippen LogP contribution in [0.4, 0.5) is 0 Å². The molecule has 2 rings (SSSR count). The number of ether oxygens (including phenoxy) is 1. The molecule has 0 aromatic heterocycles. The minimum atomic E-state index is -0.0891. The lowest BCUT2D eigenvalue weighted by Gasteiger charge is -2.42. The van der Waals surface area contributed by atoms with Crippen LogP contribution in [0.2, 0.25) is 0 Å². The zero-order chi connectivity index (χ0) is 12.8. The Bertz CT molecular complexity index is 266. The molecule has 0 N–H and O–H groups in total. The normalized spacial score (nSPS) is 24.3. The number of ketones is 1. The molecule has 2 fully saturated rings. The minimum Gasteiger partial charge on any atom is -0.385 e. The molecule has 0 atom stereocenters. The quantitative estimate of drug-likeness (QED) is 0.682. The van der Waals surface area contributed by atoms with Crippen molar-refractivity contribution in [3.63, 3.8) is 0 Å². The fourth-order valence-corrected chi connectivity index (χ4v) is 3.66. The van der Waals surface area contributed by atoms with Gasteiger partial charge in [0.1, 0.15) is 0 Å². The number of methoxy groups -OCH3 is 1. The summed E-state index contributed by atoms with van der Waals surface area (Å²) in [6.07, 6.45) is 10.1. The molecular weight excluding hydrogens is 226 g/mol. The highest BCUT2D eigenvalue weighted by atomic mass is 16.5. The van der Waals surface area contributed by atoms with Gasteiger partial charge in [0, 0.05) is 20.1 Å². The molecule has 3 heteroatoms. The second kappa shape index (κ2) is 6.67. The van der Waals surface area contributed by atoms with Crippen LogP contribution in [0, 0.1) is 0 Å². The van der Waals surface area contributed by atoms with Gasteiger partial charge in [-0.1, -0.05) is 19.3 Å². The van der Waals surface area contributed by atoms with Crippen LogP contribution in [0.3, 0.4) is 0 Å². The summed E-state index contributed by atoms with van der Waals surface area (Å²) in [7, 11) is 1.71. The molecule has 0 aromatic carbocycles. The number of piperidine rings is 1. The number of rotatable bonds is 6. The molecule has 0 spiro atoms. The Balaban J connectivity index is 1.98. The van der Waals surface area contributed by atoms with Crippen molar-refractivity contribution in [2.24, 2.45) is 0 Å². The fourth-order valence-electron chi connectivity index (χ4n) is 3.66. The van der Waals surface area contributed by atoms with Crippen LogP contribution in [0.5, 0.6) is 0 Å². The van der Waals surface area contributed by atoms with E-state index in [1.54, 1.807) is 7.11 Å². The highest BCUT2D eigenvalue weighted by molar-refractivity contribution is 5.88. The van der Waals surface area contributed by atoms with Crippen molar-refractivity contribution in [3.8, 4) is 0 Å². The van der Waals surface area contributed by atoms with Crippen molar-refractivity contribution in [1.29, 1.82) is 0 Å². The predicted molar refractivity (Wildman–Crippen MR) is 72.7 cm³/mol. The van der Waals surface area contributed by atoms with E-state index < -0.39 is 0 Å². The number of carbonyl (C=O) groups excluding carboxylic acids is 1. The number of likely N-dealkylation sites (tertiary alicyclic amines) is 1. The largest absolute Gasteiger partial charge is 0.385 e. The number of Topliss-reactive ketones (excluding diaryl/α,β-unsaturated/α-hetero) is 1. The second-order valence-corrected chi connectivity index (χ2v) is 5.81. The van der Waals surface area contributed by atoms with Crippen molar-refractivity contribution in [2.45, 2.75) is 63.3 Å². The standard InChI is InChI=1S/C15H27NO2/c1-18-13-7-8-14(17)15(9-3-4-10-15)16-11-5-2-6-12-16/h2-13H2,1H3. The van der Waals surface area contributed by atoms with Crippen LogP contribution >= 0.6 is 0 Å². The lowest BCUT2D eigenvalue weighted by molar-refractivity contribution is -0.132. The summed E-state index contributed by atoms with van der Waals surface area (Å²) >= 11 is 0. The fraction of sp³-hybridized carbons (Fsp3) is 0.933. The second-order valence-electron chi connectivity index (χ2n) is 5.81. The lowest BCUT2D eigenvalue weighted by atomic mass is 9.85. The van der Waals surface area contributed by atoms with E-state index in [4.69, 9.17) is 4.74 Å². The lowest BCUT2D eigenvalue weighted by Crippen LogP contribution is -2.54. The summed E-state index contributed by atoms with van der Waals surface area (Å²) in [4.78, 5) is 15.2. The molecular formula is C15H27NO2. The first kappa shape index (κ1) is 14.0. The Morgan fingerprint density at radius 3 is 2.39 bits per heavy atom. The molecule has 3 nitrogen and oxygen atoms in total. The van der Waals surface area contributed by atoms with E-state index in [0.29, 0.717) is 18.8 Å². The third-order valence-electron chi connectivity index (χ3n) is 4.66. The van der Waals surface area contributed by atoms with E-state index >= 15 is 0 Å². The first-order valence-corrected chi connectivity index (χ1v) is 7.57. The highest BCUT2D eigenvalue weighted by Gasteiger charge is 2.45. The van der Waals surface area contributed by atoms with Crippen LogP contribution in [0.15, 0.2) is 0 Å². The zero-order valence-corrected chi connectivity index (χ0v) is 11.7. The molecule has 1 saturated carbocycles. The van der Waals surface area contributed by atoms with Crippen LogP contribution in [0.1, 0.15) is 57.8 Å². The third kappa shape index (κ3) is 2.94. The van der Waals surface area contributed by atoms with Gasteiger partial charge in [-0.2, -0.15) is 0 Å². The van der Waals surface area contributed by atoms with Gasteiger partial charge in [-0.3, -0.25) is 9.69 Å². The van der Waals surface area contributed by atoms with Crippen molar-refractivity contribution < 1.29 is 9.53 Å². The van der Waals surface area contributed by atoms with Crippen LogP contribution in [-0.2, 0) is 9.53 Å². The molecule has 1 heterocycles. The molecule has 0 unspecified atom stereocenters. The zero-order valence-electron chi connectivity index (χ0n) is 11.7. The van der Waals surface area contributed by atoms with Gasteiger partial charge in [0.25, 0.3) is 0 Å². The molecule has 18 heavy (non-hydrogen) atoms. The van der Waals surface area contributed by atoms with Gasteiger partial charge < -0.3 is 4.74 Å². The van der Waals surface area contributed by atoms with Crippen LogP contribution < -0.4 is 0 Å². The minimum absolute atomic E-state index is 0.0891. The van der Waals surface area contributed by atoms with E-state index in [2.05, 4.69) is 4.90 Å². The first-order valence-electron chi connectivity index (χ1n) is 7.57. The Morgan fingerprint density at radius 2 is 1.78 bits per heavy atom. The SMILES string of the molecule is COCCCC(=O)C1(N2CCCCC2)CCCC1. The van der Waals surface area contributed by atoms with Gasteiger partial charge in [-0.05, 0) is 45.2 Å². The van der Waals surface area contributed by atoms with E-state index in [1.807, 2.05) is 0 Å². The van der Waals surface area contributed by atoms with Crippen molar-refractivity contribution >= 4 is 5.78 Å². The number of hydrogen-bond acceptors (Lipinski definition) is 3. The maximum atomic E-state index is 12.6. The molecule has 2 aliphatic rings. The Hall–Kier alpha value is -0.410. The topological polar surface area (TPSA) is 29.5 Å². The monoisotopic (exact) mass is 253 g/mol. The molecule has 1 aliphatic heterocycles. The molecule has 1 saturated heterocycles. The van der Waals surface area contributed by atoms with E-state index in [-0.39, 0.29) is 5.54 Å². The van der Waals surface area contributed by atoms with Crippen molar-refractivity contribution in [1.82, 2.24) is 4.90 Å². The van der Waals surface area contributed by atoms with E-state index in [0.717, 1.165) is 32.4 Å². The smallest absolute Gasteiger partial charge is 0.153 e. The van der Waals surface area contributed by atoms with Crippen LogP contribution in [0.25, 0.3) is 0 Å². The van der Waals surface area contributed by atoms with Crippen LogP contribution in [-0.4, -0.2) is 43.0 Å². The third-order valence-corrected chi connectivity index (χ3v) is 4.66. The number of hydrogen-bond donors (Lipinski definition) is 0. The van der Waals surface area contributed by atoms with E-state index in [9.17, 15) is 4.79 Å². The number of nitrogens with zero attached hydrogens (tertiary/aromatic N) is 1. The maximum Gasteiger partial charge on any atom is 0.153 e. The maximum absolute atomic E-state index is 12.6. The summed E-state index contributed by atoms with van der Waals surface area (Å²) in [5, 5.41) is 0. The van der Waals surface area contributed by atoms with Gasteiger partial charge in [-0.25, -0.2) is 0 Å². The highest BCUT2D eigenvalue weighted by Crippen LogP contribution is 2.38. The summed E-state index contributed by atoms with van der Waals surface area (Å²) in [6, 6.07) is 0. The first-order chi connectivity index (χ1) is 8.79. The van der Waals surface area contributed by atoms with Gasteiger partial charge in [0.2, 0.25) is 0 Å². The molecule has 0 bridgehead atoms. The van der Waals surface area contributed by atoms with Gasteiger partial charge >= 0.3 is 0 Å². The molecule has 104 valence electrons. The average molecular weight is 253 g/mol. The van der Waals surface area contributed by atoms with Gasteiger partial charge in [0.05, 0.1) is 5.54 Å². The molecule has 0 amide bonds. The summed E-state index contributed by atoms with van der Waals surface area (Å²) in [6.45, 7) is 2.98. The van der Waals surface area contributed by atoms with Gasteiger partial charge in [0.15, 0.2) is 5.78 Å². The predicted octanol–water partition coefficient (Wildman–Crippen LogP) is 2.78. The summed E-state index contributed by atoms with van der Waals surface area (Å²) < 4.78 is 5.07. The van der Waals surface area contributed by atoms with E-state index in [1.165, 1.54) is 32.1 Å². The summed E-state index contributed by atoms with van der Waals surface area (Å²) in [5.74, 6) is 0.485.